The van der Waals surface area contributed by atoms with E-state index in [1.165, 1.54) is 0 Å². The van der Waals surface area contributed by atoms with Gasteiger partial charge in [0.15, 0.2) is 0 Å². The Labute approximate surface area is 150 Å². The van der Waals surface area contributed by atoms with E-state index in [9.17, 15) is 10.1 Å². The molecule has 6 heteroatoms. The van der Waals surface area contributed by atoms with E-state index in [1.54, 1.807) is 14.0 Å². The van der Waals surface area contributed by atoms with Gasteiger partial charge in [-0.25, -0.2) is 0 Å². The number of nitriles is 1. The summed E-state index contributed by atoms with van der Waals surface area (Å²) in [7, 11) is 1.68. The Balaban J connectivity index is 1.88. The zero-order valence-corrected chi connectivity index (χ0v) is 15.6. The van der Waals surface area contributed by atoms with Crippen LogP contribution in [-0.2, 0) is 4.79 Å². The van der Waals surface area contributed by atoms with Gasteiger partial charge in [0.2, 0.25) is 5.91 Å². The molecule has 0 radical (unpaired) electrons. The molecule has 25 heavy (non-hydrogen) atoms. The maximum absolute atomic E-state index is 12.3. The Morgan fingerprint density at radius 2 is 1.96 bits per heavy atom. The van der Waals surface area contributed by atoms with Crippen LogP contribution in [0.2, 0.25) is 0 Å². The monoisotopic (exact) mass is 344 g/mol. The van der Waals surface area contributed by atoms with Crippen molar-refractivity contribution in [1.82, 2.24) is 10.2 Å². The van der Waals surface area contributed by atoms with Crippen molar-refractivity contribution in [2.24, 2.45) is 5.92 Å². The molecule has 2 rings (SSSR count). The van der Waals surface area contributed by atoms with Crippen molar-refractivity contribution in [2.75, 3.05) is 44.7 Å². The van der Waals surface area contributed by atoms with E-state index in [0.717, 1.165) is 37.6 Å². The van der Waals surface area contributed by atoms with E-state index in [1.807, 2.05) is 32.0 Å². The zero-order chi connectivity index (χ0) is 18.4. The molecule has 1 atom stereocenters. The Bertz CT molecular complexity index is 633. The number of carbonyl (C=O) groups is 1. The third-order valence-corrected chi connectivity index (χ3v) is 4.95. The first kappa shape index (κ1) is 19.1. The molecule has 0 saturated carbocycles. The van der Waals surface area contributed by atoms with Crippen molar-refractivity contribution >= 4 is 11.6 Å². The predicted molar refractivity (Wildman–Crippen MR) is 98.6 cm³/mol. The number of methoxy groups -OCH3 is 1. The molecule has 1 heterocycles. The van der Waals surface area contributed by atoms with Gasteiger partial charge in [-0.05, 0) is 25.0 Å². The fourth-order valence-electron chi connectivity index (χ4n) is 2.87. The number of amides is 1. The van der Waals surface area contributed by atoms with Gasteiger partial charge in [-0.3, -0.25) is 9.69 Å². The van der Waals surface area contributed by atoms with Crippen LogP contribution >= 0.6 is 0 Å². The van der Waals surface area contributed by atoms with Crippen LogP contribution in [-0.4, -0.2) is 56.2 Å². The van der Waals surface area contributed by atoms with Crippen molar-refractivity contribution in [1.29, 1.82) is 5.26 Å². The normalized spacial score (nSPS) is 17.7. The first-order chi connectivity index (χ1) is 11.9. The molecule has 1 fully saturated rings. The smallest absolute Gasteiger partial charge is 0.235 e. The van der Waals surface area contributed by atoms with Crippen molar-refractivity contribution < 1.29 is 9.53 Å². The van der Waals surface area contributed by atoms with E-state index in [4.69, 9.17) is 4.74 Å². The van der Waals surface area contributed by atoms with Crippen molar-refractivity contribution in [3.8, 4) is 11.8 Å². The number of ether oxygens (including phenoxy) is 1. The Morgan fingerprint density at radius 3 is 2.52 bits per heavy atom. The Morgan fingerprint density at radius 1 is 1.32 bits per heavy atom. The average molecular weight is 344 g/mol. The molecule has 0 aliphatic carbocycles. The highest BCUT2D eigenvalue weighted by Gasteiger charge is 2.31. The Kier molecular flexibility index (Phi) is 6.27. The molecule has 0 bridgehead atoms. The van der Waals surface area contributed by atoms with Crippen molar-refractivity contribution in [3.05, 3.63) is 24.3 Å². The number of carbonyl (C=O) groups excluding carboxylic acids is 1. The van der Waals surface area contributed by atoms with E-state index >= 15 is 0 Å². The zero-order valence-electron chi connectivity index (χ0n) is 15.6. The molecule has 0 spiro atoms. The van der Waals surface area contributed by atoms with Gasteiger partial charge in [-0.15, -0.1) is 0 Å². The molecule has 0 unspecified atom stereocenters. The molecule has 1 amide bonds. The summed E-state index contributed by atoms with van der Waals surface area (Å²) in [4.78, 5) is 16.7. The minimum Gasteiger partial charge on any atom is -0.495 e. The average Bonchev–Trinajstić information content (AvgIpc) is 2.62. The molecule has 1 aliphatic heterocycles. The number of rotatable bonds is 6. The predicted octanol–water partition coefficient (Wildman–Crippen LogP) is 1.87. The first-order valence-corrected chi connectivity index (χ1v) is 8.72. The van der Waals surface area contributed by atoms with Crippen LogP contribution in [0.4, 0.5) is 5.69 Å². The summed E-state index contributed by atoms with van der Waals surface area (Å²) in [5, 5.41) is 12.2. The molecule has 1 aromatic carbocycles. The minimum absolute atomic E-state index is 0.0591. The van der Waals surface area contributed by atoms with Crippen LogP contribution in [0, 0.1) is 17.2 Å². The highest BCUT2D eigenvalue weighted by molar-refractivity contribution is 5.79. The van der Waals surface area contributed by atoms with Crippen LogP contribution in [0.1, 0.15) is 20.8 Å². The summed E-state index contributed by atoms with van der Waals surface area (Å²) < 4.78 is 5.43. The number of benzene rings is 1. The fraction of sp³-hybridized carbons (Fsp3) is 0.579. The maximum Gasteiger partial charge on any atom is 0.235 e. The highest BCUT2D eigenvalue weighted by atomic mass is 16.5. The molecular formula is C19H28N4O2. The van der Waals surface area contributed by atoms with Gasteiger partial charge in [0, 0.05) is 26.2 Å². The van der Waals surface area contributed by atoms with Gasteiger partial charge in [0.1, 0.15) is 11.3 Å². The number of nitrogens with zero attached hydrogens (tertiary/aromatic N) is 3. The molecule has 1 N–H and O–H groups in total. The largest absolute Gasteiger partial charge is 0.495 e. The molecule has 1 saturated heterocycles. The SMILES string of the molecule is COc1ccccc1N1CCN(CC(=O)N[C@@](C)(C#N)C(C)C)CC1. The van der Waals surface area contributed by atoms with Gasteiger partial charge in [-0.1, -0.05) is 26.0 Å². The molecule has 6 nitrogen and oxygen atoms in total. The summed E-state index contributed by atoms with van der Waals surface area (Å²) in [6.45, 7) is 9.26. The standard InChI is InChI=1S/C19H28N4O2/c1-15(2)19(3,14-20)21-18(24)13-22-9-11-23(12-10-22)16-7-5-6-8-17(16)25-4/h5-8,15H,9-13H2,1-4H3,(H,21,24)/t19-/m0/s1. The third kappa shape index (κ3) is 4.64. The lowest BCUT2D eigenvalue weighted by Gasteiger charge is -2.37. The van der Waals surface area contributed by atoms with Crippen molar-refractivity contribution in [3.63, 3.8) is 0 Å². The lowest BCUT2D eigenvalue weighted by Crippen LogP contribution is -2.54. The molecular weight excluding hydrogens is 316 g/mol. The summed E-state index contributed by atoms with van der Waals surface area (Å²) in [5.74, 6) is 0.836. The molecule has 1 aliphatic rings. The highest BCUT2D eigenvalue weighted by Crippen LogP contribution is 2.28. The summed E-state index contributed by atoms with van der Waals surface area (Å²) in [6, 6.07) is 10.2. The fourth-order valence-corrected chi connectivity index (χ4v) is 2.87. The molecule has 136 valence electrons. The second-order valence-corrected chi connectivity index (χ2v) is 6.95. The minimum atomic E-state index is -0.823. The van der Waals surface area contributed by atoms with Crippen LogP contribution in [0.3, 0.4) is 0 Å². The third-order valence-electron chi connectivity index (χ3n) is 4.95. The Hall–Kier alpha value is -2.26. The van der Waals surface area contributed by atoms with E-state index in [-0.39, 0.29) is 11.8 Å². The van der Waals surface area contributed by atoms with Crippen LogP contribution in [0.15, 0.2) is 24.3 Å². The quantitative estimate of drug-likeness (QED) is 0.853. The summed E-state index contributed by atoms with van der Waals surface area (Å²) in [5.41, 5.74) is 0.266. The van der Waals surface area contributed by atoms with Crippen LogP contribution < -0.4 is 15.0 Å². The lowest BCUT2D eigenvalue weighted by molar-refractivity contribution is -0.124. The van der Waals surface area contributed by atoms with Gasteiger partial charge in [0.05, 0.1) is 25.4 Å². The first-order valence-electron chi connectivity index (χ1n) is 8.72. The van der Waals surface area contributed by atoms with Crippen LogP contribution in [0.25, 0.3) is 0 Å². The molecule has 0 aromatic heterocycles. The number of hydrogen-bond acceptors (Lipinski definition) is 5. The van der Waals surface area contributed by atoms with E-state index < -0.39 is 5.54 Å². The topological polar surface area (TPSA) is 68.6 Å². The number of nitrogens with one attached hydrogen (secondary N) is 1. The van der Waals surface area contributed by atoms with Gasteiger partial charge in [0.25, 0.3) is 0 Å². The van der Waals surface area contributed by atoms with Crippen LogP contribution in [0.5, 0.6) is 5.75 Å². The second kappa shape index (κ2) is 8.21. The second-order valence-electron chi connectivity index (χ2n) is 6.95. The van der Waals surface area contributed by atoms with Crippen molar-refractivity contribution in [2.45, 2.75) is 26.3 Å². The molecule has 1 aromatic rings. The number of para-hydroxylation sites is 2. The number of piperazine rings is 1. The summed E-state index contributed by atoms with van der Waals surface area (Å²) in [6.07, 6.45) is 0. The van der Waals surface area contributed by atoms with E-state index in [2.05, 4.69) is 27.3 Å². The van der Waals surface area contributed by atoms with Gasteiger partial charge < -0.3 is 15.0 Å². The number of hydrogen-bond donors (Lipinski definition) is 1. The van der Waals surface area contributed by atoms with E-state index in [0.29, 0.717) is 6.54 Å². The maximum atomic E-state index is 12.3. The van der Waals surface area contributed by atoms with Gasteiger partial charge >= 0.3 is 0 Å². The van der Waals surface area contributed by atoms with Gasteiger partial charge in [-0.2, -0.15) is 5.26 Å². The number of anilines is 1. The lowest BCUT2D eigenvalue weighted by atomic mass is 9.90. The summed E-state index contributed by atoms with van der Waals surface area (Å²) >= 11 is 0.